The molecular formula is C33H37NO5. The summed E-state index contributed by atoms with van der Waals surface area (Å²) in [6, 6.07) is 21.2. The second-order valence-electron chi connectivity index (χ2n) is 11.2. The Morgan fingerprint density at radius 1 is 0.923 bits per heavy atom. The van der Waals surface area contributed by atoms with Crippen LogP contribution in [0, 0.1) is 5.41 Å². The Bertz CT molecular complexity index is 1330. The minimum absolute atomic E-state index is 0.00537. The zero-order valence-corrected chi connectivity index (χ0v) is 23.0. The zero-order valence-electron chi connectivity index (χ0n) is 23.0. The van der Waals surface area contributed by atoms with E-state index in [0.29, 0.717) is 24.5 Å². The molecule has 2 aliphatic heterocycles. The minimum Gasteiger partial charge on any atom is -0.507 e. The molecule has 0 radical (unpaired) electrons. The summed E-state index contributed by atoms with van der Waals surface area (Å²) in [6.07, 6.45) is 3.87. The van der Waals surface area contributed by atoms with E-state index in [2.05, 4.69) is 4.90 Å². The molecular weight excluding hydrogens is 490 g/mol. The lowest BCUT2D eigenvalue weighted by atomic mass is 9.87. The number of hydrogen-bond acceptors (Lipinski definition) is 6. The van der Waals surface area contributed by atoms with Crippen LogP contribution in [0.25, 0.3) is 11.1 Å². The SMILES string of the molecule is CC(C)(C)C(=O)Oc1cc(O)c2c(c1)OCC(c1ccccc1)=C2c1ccc(OCCN2CCCCC2)cc1. The Morgan fingerprint density at radius 2 is 1.64 bits per heavy atom. The van der Waals surface area contributed by atoms with Crippen molar-refractivity contribution in [1.82, 2.24) is 4.90 Å². The summed E-state index contributed by atoms with van der Waals surface area (Å²) in [4.78, 5) is 14.9. The molecule has 5 rings (SSSR count). The first-order valence-electron chi connectivity index (χ1n) is 13.8. The number of benzene rings is 3. The van der Waals surface area contributed by atoms with Gasteiger partial charge in [-0.25, -0.2) is 0 Å². The highest BCUT2D eigenvalue weighted by molar-refractivity contribution is 6.03. The van der Waals surface area contributed by atoms with Crippen molar-refractivity contribution in [3.05, 3.63) is 83.4 Å². The molecule has 0 amide bonds. The van der Waals surface area contributed by atoms with Gasteiger partial charge in [0.15, 0.2) is 0 Å². The van der Waals surface area contributed by atoms with Crippen LogP contribution in [-0.4, -0.2) is 48.8 Å². The van der Waals surface area contributed by atoms with Crippen LogP contribution in [0.2, 0.25) is 0 Å². The number of rotatable bonds is 7. The van der Waals surface area contributed by atoms with Gasteiger partial charge in [0.2, 0.25) is 0 Å². The maximum absolute atomic E-state index is 12.5. The number of fused-ring (bicyclic) bond motifs is 1. The Kier molecular flexibility index (Phi) is 7.94. The maximum Gasteiger partial charge on any atom is 0.316 e. The molecule has 0 aliphatic carbocycles. The molecule has 6 heteroatoms. The van der Waals surface area contributed by atoms with E-state index in [4.69, 9.17) is 14.2 Å². The maximum atomic E-state index is 12.5. The monoisotopic (exact) mass is 527 g/mol. The molecule has 0 aromatic heterocycles. The van der Waals surface area contributed by atoms with E-state index in [1.807, 2.05) is 54.6 Å². The molecule has 1 fully saturated rings. The smallest absolute Gasteiger partial charge is 0.316 e. The lowest BCUT2D eigenvalue weighted by molar-refractivity contribution is -0.143. The summed E-state index contributed by atoms with van der Waals surface area (Å²) in [5.74, 6) is 1.16. The van der Waals surface area contributed by atoms with Crippen molar-refractivity contribution < 1.29 is 24.1 Å². The Morgan fingerprint density at radius 3 is 2.33 bits per heavy atom. The van der Waals surface area contributed by atoms with Crippen LogP contribution in [0.5, 0.6) is 23.0 Å². The third-order valence-electron chi connectivity index (χ3n) is 7.19. The van der Waals surface area contributed by atoms with Crippen molar-refractivity contribution in [3.63, 3.8) is 0 Å². The number of carbonyl (C=O) groups is 1. The van der Waals surface area contributed by atoms with E-state index in [9.17, 15) is 9.90 Å². The number of esters is 1. The second-order valence-corrected chi connectivity index (χ2v) is 11.2. The van der Waals surface area contributed by atoms with Gasteiger partial charge in [-0.05, 0) is 70.0 Å². The molecule has 1 N–H and O–H groups in total. The highest BCUT2D eigenvalue weighted by Crippen LogP contribution is 2.47. The molecule has 0 spiro atoms. The van der Waals surface area contributed by atoms with Gasteiger partial charge in [0, 0.05) is 29.8 Å². The zero-order chi connectivity index (χ0) is 27.4. The van der Waals surface area contributed by atoms with Crippen molar-refractivity contribution in [2.45, 2.75) is 40.0 Å². The van der Waals surface area contributed by atoms with Crippen LogP contribution in [0.1, 0.15) is 56.7 Å². The average molecular weight is 528 g/mol. The van der Waals surface area contributed by atoms with Crippen molar-refractivity contribution >= 4 is 17.1 Å². The number of nitrogens with zero attached hydrogens (tertiary/aromatic N) is 1. The molecule has 3 aromatic carbocycles. The van der Waals surface area contributed by atoms with Gasteiger partial charge in [-0.3, -0.25) is 9.69 Å². The van der Waals surface area contributed by atoms with Gasteiger partial charge in [-0.1, -0.05) is 48.9 Å². The van der Waals surface area contributed by atoms with Crippen LogP contribution in [0.4, 0.5) is 0 Å². The number of phenolic OH excluding ortho intramolecular Hbond substituents is 1. The highest BCUT2D eigenvalue weighted by atomic mass is 16.5. The Labute approximate surface area is 230 Å². The number of likely N-dealkylation sites (tertiary alicyclic amines) is 1. The summed E-state index contributed by atoms with van der Waals surface area (Å²) < 4.78 is 17.7. The first-order valence-corrected chi connectivity index (χ1v) is 13.8. The number of aromatic hydroxyl groups is 1. The first kappa shape index (κ1) is 26.8. The largest absolute Gasteiger partial charge is 0.507 e. The molecule has 204 valence electrons. The highest BCUT2D eigenvalue weighted by Gasteiger charge is 2.29. The summed E-state index contributed by atoms with van der Waals surface area (Å²) in [5, 5.41) is 11.2. The summed E-state index contributed by atoms with van der Waals surface area (Å²) in [6.45, 7) is 9.59. The molecule has 0 bridgehead atoms. The number of ether oxygens (including phenoxy) is 3. The third-order valence-corrected chi connectivity index (χ3v) is 7.19. The van der Waals surface area contributed by atoms with Gasteiger partial charge in [-0.15, -0.1) is 0 Å². The van der Waals surface area contributed by atoms with Crippen molar-refractivity contribution in [2.24, 2.45) is 5.41 Å². The Balaban J connectivity index is 1.45. The van der Waals surface area contributed by atoms with Gasteiger partial charge in [0.25, 0.3) is 0 Å². The van der Waals surface area contributed by atoms with Crippen molar-refractivity contribution in [2.75, 3.05) is 32.8 Å². The quantitative estimate of drug-likeness (QED) is 0.277. The van der Waals surface area contributed by atoms with Crippen LogP contribution >= 0.6 is 0 Å². The normalized spacial score (nSPS) is 15.9. The number of hydrogen-bond donors (Lipinski definition) is 1. The standard InChI is InChI=1S/C33H37NO5/c1-33(2,3)32(36)39-26-20-28(35)31-29(21-26)38-22-27(23-10-6-4-7-11-23)30(31)24-12-14-25(15-13-24)37-19-18-34-16-8-5-9-17-34/h4,6-7,10-15,20-21,35H,5,8-9,16-19,22H2,1-3H3. The lowest BCUT2D eigenvalue weighted by Crippen LogP contribution is -2.33. The van der Waals surface area contributed by atoms with E-state index in [-0.39, 0.29) is 17.5 Å². The average Bonchev–Trinajstić information content (AvgIpc) is 2.93. The first-order chi connectivity index (χ1) is 18.8. The number of piperidine rings is 1. The van der Waals surface area contributed by atoms with Gasteiger partial charge in [0.05, 0.1) is 11.0 Å². The summed E-state index contributed by atoms with van der Waals surface area (Å²) in [7, 11) is 0. The molecule has 6 nitrogen and oxygen atoms in total. The molecule has 0 atom stereocenters. The molecule has 2 aliphatic rings. The predicted octanol–water partition coefficient (Wildman–Crippen LogP) is 6.56. The topological polar surface area (TPSA) is 68.2 Å². The van der Waals surface area contributed by atoms with E-state index in [0.717, 1.165) is 47.7 Å². The third kappa shape index (κ3) is 6.28. The molecule has 39 heavy (non-hydrogen) atoms. The lowest BCUT2D eigenvalue weighted by Gasteiger charge is -2.27. The van der Waals surface area contributed by atoms with Crippen molar-refractivity contribution in [1.29, 1.82) is 0 Å². The summed E-state index contributed by atoms with van der Waals surface area (Å²) >= 11 is 0. The fraction of sp³-hybridized carbons (Fsp3) is 0.364. The Hall–Kier alpha value is -3.77. The minimum atomic E-state index is -0.671. The fourth-order valence-electron chi connectivity index (χ4n) is 5.01. The predicted molar refractivity (Wildman–Crippen MR) is 153 cm³/mol. The van der Waals surface area contributed by atoms with Crippen LogP contribution < -0.4 is 14.2 Å². The van der Waals surface area contributed by atoms with Crippen LogP contribution in [-0.2, 0) is 4.79 Å². The molecule has 2 heterocycles. The van der Waals surface area contributed by atoms with E-state index < -0.39 is 5.41 Å². The van der Waals surface area contributed by atoms with E-state index >= 15 is 0 Å². The molecule has 0 saturated carbocycles. The van der Waals surface area contributed by atoms with Gasteiger partial charge in [-0.2, -0.15) is 0 Å². The summed E-state index contributed by atoms with van der Waals surface area (Å²) in [5.41, 5.74) is 3.72. The van der Waals surface area contributed by atoms with Gasteiger partial charge in [0.1, 0.15) is 36.2 Å². The van der Waals surface area contributed by atoms with Crippen molar-refractivity contribution in [3.8, 4) is 23.0 Å². The molecule has 1 saturated heterocycles. The fourth-order valence-corrected chi connectivity index (χ4v) is 5.01. The molecule has 3 aromatic rings. The van der Waals surface area contributed by atoms with Gasteiger partial charge < -0.3 is 19.3 Å². The van der Waals surface area contributed by atoms with Crippen LogP contribution in [0.15, 0.2) is 66.7 Å². The number of carbonyl (C=O) groups excluding carboxylic acids is 1. The van der Waals surface area contributed by atoms with E-state index in [1.165, 1.54) is 25.3 Å². The number of phenols is 1. The van der Waals surface area contributed by atoms with Crippen LogP contribution in [0.3, 0.4) is 0 Å². The second kappa shape index (κ2) is 11.5. The van der Waals surface area contributed by atoms with E-state index in [1.54, 1.807) is 26.8 Å². The molecule has 0 unspecified atom stereocenters. The van der Waals surface area contributed by atoms with Gasteiger partial charge >= 0.3 is 5.97 Å².